The van der Waals surface area contributed by atoms with Crippen molar-refractivity contribution in [2.24, 2.45) is 0 Å². The van der Waals surface area contributed by atoms with Crippen LogP contribution in [0.2, 0.25) is 0 Å². The highest BCUT2D eigenvalue weighted by Crippen LogP contribution is 2.39. The first kappa shape index (κ1) is 11.9. The van der Waals surface area contributed by atoms with Gasteiger partial charge < -0.3 is 4.74 Å². The summed E-state index contributed by atoms with van der Waals surface area (Å²) in [5.74, 6) is 1.26. The summed E-state index contributed by atoms with van der Waals surface area (Å²) in [6.45, 7) is 0.541. The molecule has 1 aliphatic carbocycles. The molecule has 1 aromatic heterocycles. The maximum atomic E-state index is 5.76. The van der Waals surface area contributed by atoms with Gasteiger partial charge in [-0.15, -0.1) is 0 Å². The van der Waals surface area contributed by atoms with Crippen LogP contribution >= 0.6 is 22.6 Å². The third kappa shape index (κ3) is 2.80. The molecular weight excluding hydrogens is 339 g/mol. The summed E-state index contributed by atoms with van der Waals surface area (Å²) in [6.07, 6.45) is 4.33. The Labute approximate surface area is 120 Å². The minimum absolute atomic E-state index is 0.541. The van der Waals surface area contributed by atoms with Crippen molar-refractivity contribution in [2.45, 2.75) is 25.4 Å². The molecule has 0 saturated heterocycles. The molecule has 3 nitrogen and oxygen atoms in total. The van der Waals surface area contributed by atoms with Crippen LogP contribution in [0.15, 0.2) is 36.5 Å². The van der Waals surface area contributed by atoms with E-state index in [-0.39, 0.29) is 0 Å². The number of hydrogen-bond acceptors (Lipinski definition) is 3. The molecule has 18 heavy (non-hydrogen) atoms. The van der Waals surface area contributed by atoms with Crippen LogP contribution in [0.1, 0.15) is 30.0 Å². The molecule has 92 valence electrons. The van der Waals surface area contributed by atoms with Gasteiger partial charge in [-0.3, -0.25) is 0 Å². The highest BCUT2D eigenvalue weighted by atomic mass is 127. The second-order valence-electron chi connectivity index (χ2n) is 4.44. The van der Waals surface area contributed by atoms with Gasteiger partial charge in [0, 0.05) is 5.92 Å². The van der Waals surface area contributed by atoms with Gasteiger partial charge in [0.05, 0.1) is 11.9 Å². The summed E-state index contributed by atoms with van der Waals surface area (Å²) >= 11 is 2.16. The monoisotopic (exact) mass is 352 g/mol. The highest BCUT2D eigenvalue weighted by Gasteiger charge is 2.26. The molecule has 1 heterocycles. The van der Waals surface area contributed by atoms with Crippen LogP contribution in [-0.2, 0) is 6.61 Å². The fourth-order valence-corrected chi connectivity index (χ4v) is 2.18. The van der Waals surface area contributed by atoms with E-state index in [1.807, 2.05) is 36.5 Å². The summed E-state index contributed by atoms with van der Waals surface area (Å²) in [5, 5.41) is 0. The fraction of sp³-hybridized carbons (Fsp3) is 0.286. The lowest BCUT2D eigenvalue weighted by molar-refractivity contribution is 0.288. The topological polar surface area (TPSA) is 35.0 Å². The van der Waals surface area contributed by atoms with Gasteiger partial charge in [0.15, 0.2) is 3.70 Å². The Bertz CT molecular complexity index is 541. The molecule has 4 heteroatoms. The maximum Gasteiger partial charge on any atom is 0.247 e. The van der Waals surface area contributed by atoms with Gasteiger partial charge in [0.1, 0.15) is 6.61 Å². The van der Waals surface area contributed by atoms with Crippen LogP contribution in [0.5, 0.6) is 5.88 Å². The van der Waals surface area contributed by atoms with Crippen molar-refractivity contribution < 1.29 is 4.74 Å². The normalized spacial score (nSPS) is 14.5. The zero-order valence-electron chi connectivity index (χ0n) is 9.84. The summed E-state index contributed by atoms with van der Waals surface area (Å²) in [7, 11) is 0. The zero-order valence-corrected chi connectivity index (χ0v) is 12.0. The van der Waals surface area contributed by atoms with Crippen molar-refractivity contribution in [3.63, 3.8) is 0 Å². The molecule has 0 bridgehead atoms. The molecule has 2 aromatic rings. The number of nitrogens with zero attached hydrogens (tertiary/aromatic N) is 2. The third-order valence-corrected chi connectivity index (χ3v) is 3.67. The Morgan fingerprint density at radius 1 is 1.22 bits per heavy atom. The molecule has 0 amide bonds. The van der Waals surface area contributed by atoms with Crippen LogP contribution in [0, 0.1) is 3.70 Å². The van der Waals surface area contributed by atoms with Gasteiger partial charge in [-0.25, -0.2) is 9.97 Å². The van der Waals surface area contributed by atoms with Crippen molar-refractivity contribution in [3.8, 4) is 5.88 Å². The van der Waals surface area contributed by atoms with E-state index >= 15 is 0 Å². The smallest absolute Gasteiger partial charge is 0.247 e. The zero-order chi connectivity index (χ0) is 12.4. The molecule has 0 N–H and O–H groups in total. The Hall–Kier alpha value is -1.17. The maximum absolute atomic E-state index is 5.76. The van der Waals surface area contributed by atoms with E-state index in [2.05, 4.69) is 32.6 Å². The van der Waals surface area contributed by atoms with Gasteiger partial charge in [-0.05, 0) is 41.0 Å². The van der Waals surface area contributed by atoms with E-state index < -0.39 is 0 Å². The summed E-state index contributed by atoms with van der Waals surface area (Å²) < 4.78 is 6.59. The Morgan fingerprint density at radius 2 is 2.00 bits per heavy atom. The van der Waals surface area contributed by atoms with Gasteiger partial charge in [-0.2, -0.15) is 0 Å². The number of ether oxygens (including phenoxy) is 1. The standard InChI is InChI=1S/C14H13IN2O/c15-13-14(17-12(8-16-13)11-6-7-11)18-9-10-4-2-1-3-5-10/h1-5,8,11H,6-7,9H2. The molecule has 0 unspecified atom stereocenters. The molecular formula is C14H13IN2O. The van der Waals surface area contributed by atoms with E-state index in [1.165, 1.54) is 12.8 Å². The first-order valence-corrected chi connectivity index (χ1v) is 7.10. The predicted octanol–water partition coefficient (Wildman–Crippen LogP) is 3.54. The molecule has 1 fully saturated rings. The average molecular weight is 352 g/mol. The summed E-state index contributed by atoms with van der Waals surface area (Å²) in [5.41, 5.74) is 2.21. The molecule has 0 aliphatic heterocycles. The lowest BCUT2D eigenvalue weighted by Gasteiger charge is -2.08. The second kappa shape index (κ2) is 5.22. The van der Waals surface area contributed by atoms with Gasteiger partial charge in [-0.1, -0.05) is 30.3 Å². The Balaban J connectivity index is 1.73. The highest BCUT2D eigenvalue weighted by molar-refractivity contribution is 14.1. The van der Waals surface area contributed by atoms with Crippen LogP contribution in [0.25, 0.3) is 0 Å². The minimum atomic E-state index is 0.541. The lowest BCUT2D eigenvalue weighted by Crippen LogP contribution is -2.02. The first-order valence-electron chi connectivity index (χ1n) is 6.02. The molecule has 0 atom stereocenters. The molecule has 0 spiro atoms. The van der Waals surface area contributed by atoms with Crippen molar-refractivity contribution in [1.82, 2.24) is 9.97 Å². The average Bonchev–Trinajstić information content (AvgIpc) is 3.23. The number of benzene rings is 1. The number of halogens is 1. The quantitative estimate of drug-likeness (QED) is 0.790. The van der Waals surface area contributed by atoms with Crippen LogP contribution in [0.3, 0.4) is 0 Å². The molecule has 1 saturated carbocycles. The van der Waals surface area contributed by atoms with E-state index in [1.54, 1.807) is 0 Å². The fourth-order valence-electron chi connectivity index (χ4n) is 1.76. The molecule has 1 aromatic carbocycles. The molecule has 1 aliphatic rings. The van der Waals surface area contributed by atoms with E-state index in [0.29, 0.717) is 18.4 Å². The van der Waals surface area contributed by atoms with Crippen LogP contribution in [0.4, 0.5) is 0 Å². The summed E-state index contributed by atoms with van der Waals surface area (Å²) in [6, 6.07) is 10.1. The van der Waals surface area contributed by atoms with Gasteiger partial charge in [0.25, 0.3) is 0 Å². The number of rotatable bonds is 4. The van der Waals surface area contributed by atoms with Crippen molar-refractivity contribution in [2.75, 3.05) is 0 Å². The SMILES string of the molecule is Ic1ncc(C2CC2)nc1OCc1ccccc1. The van der Waals surface area contributed by atoms with E-state index in [0.717, 1.165) is 15.0 Å². The predicted molar refractivity (Wildman–Crippen MR) is 77.5 cm³/mol. The van der Waals surface area contributed by atoms with Crippen LogP contribution < -0.4 is 4.74 Å². The van der Waals surface area contributed by atoms with E-state index in [4.69, 9.17) is 4.74 Å². The first-order chi connectivity index (χ1) is 8.83. The second-order valence-corrected chi connectivity index (χ2v) is 5.46. The lowest BCUT2D eigenvalue weighted by atomic mass is 10.2. The molecule has 0 radical (unpaired) electrons. The number of aromatic nitrogens is 2. The largest absolute Gasteiger partial charge is 0.471 e. The Kier molecular flexibility index (Phi) is 3.45. The van der Waals surface area contributed by atoms with Gasteiger partial charge >= 0.3 is 0 Å². The van der Waals surface area contributed by atoms with E-state index in [9.17, 15) is 0 Å². The third-order valence-electron chi connectivity index (χ3n) is 2.93. The number of hydrogen-bond donors (Lipinski definition) is 0. The van der Waals surface area contributed by atoms with Gasteiger partial charge in [0.2, 0.25) is 5.88 Å². The Morgan fingerprint density at radius 3 is 2.72 bits per heavy atom. The summed E-state index contributed by atoms with van der Waals surface area (Å²) in [4.78, 5) is 8.91. The minimum Gasteiger partial charge on any atom is -0.471 e. The van der Waals surface area contributed by atoms with Crippen molar-refractivity contribution >= 4 is 22.6 Å². The molecule has 3 rings (SSSR count). The van der Waals surface area contributed by atoms with Crippen LogP contribution in [-0.4, -0.2) is 9.97 Å². The van der Waals surface area contributed by atoms with Crippen molar-refractivity contribution in [1.29, 1.82) is 0 Å². The van der Waals surface area contributed by atoms with Crippen molar-refractivity contribution in [3.05, 3.63) is 51.5 Å².